The number of nitrogens with zero attached hydrogens (tertiary/aromatic N) is 5. The number of nitrogens with one attached hydrogen (secondary N) is 2. The van der Waals surface area contributed by atoms with Gasteiger partial charge >= 0.3 is 6.03 Å². The molecule has 1 aromatic carbocycles. The Labute approximate surface area is 275 Å². The van der Waals surface area contributed by atoms with Crippen molar-refractivity contribution in [1.29, 1.82) is 0 Å². The van der Waals surface area contributed by atoms with Gasteiger partial charge in [-0.05, 0) is 101 Å². The highest BCUT2D eigenvalue weighted by Crippen LogP contribution is 2.26. The first kappa shape index (κ1) is 33.6. The van der Waals surface area contributed by atoms with Gasteiger partial charge in [0.25, 0.3) is 5.91 Å². The maximum Gasteiger partial charge on any atom is 0.321 e. The number of benzene rings is 1. The molecule has 1 atom stereocenters. The van der Waals surface area contributed by atoms with Gasteiger partial charge < -0.3 is 30.2 Å². The van der Waals surface area contributed by atoms with Crippen LogP contribution >= 0.6 is 0 Å². The fraction of sp³-hybridized carbons (Fsp3) is 0.568. The Balaban J connectivity index is 1.29. The summed E-state index contributed by atoms with van der Waals surface area (Å²) in [6.07, 6.45) is 15.9. The molecule has 0 bridgehead atoms. The summed E-state index contributed by atoms with van der Waals surface area (Å²) in [6.45, 7) is 14.9. The predicted octanol–water partition coefficient (Wildman–Crippen LogP) is 6.29. The third-order valence-electron chi connectivity index (χ3n) is 9.49. The van der Waals surface area contributed by atoms with Crippen LogP contribution in [-0.2, 0) is 4.79 Å². The molecular weight excluding hydrogens is 574 g/mol. The Morgan fingerprint density at radius 2 is 1.63 bits per heavy atom. The number of rotatable bonds is 9. The van der Waals surface area contributed by atoms with E-state index in [0.717, 1.165) is 57.4 Å². The topological polar surface area (TPSA) is 83.5 Å². The molecule has 3 saturated heterocycles. The van der Waals surface area contributed by atoms with Crippen molar-refractivity contribution < 1.29 is 9.59 Å². The molecule has 9 nitrogen and oxygen atoms in total. The van der Waals surface area contributed by atoms with Crippen molar-refractivity contribution in [2.45, 2.75) is 90.3 Å². The van der Waals surface area contributed by atoms with Crippen LogP contribution in [0.1, 0.15) is 78.1 Å². The third-order valence-corrected chi connectivity index (χ3v) is 9.49. The van der Waals surface area contributed by atoms with Gasteiger partial charge in [-0.15, -0.1) is 0 Å². The smallest absolute Gasteiger partial charge is 0.321 e. The Morgan fingerprint density at radius 3 is 2.26 bits per heavy atom. The molecule has 5 rings (SSSR count). The van der Waals surface area contributed by atoms with Crippen molar-refractivity contribution in [1.82, 2.24) is 20.0 Å². The number of allylic oxidation sites excluding steroid dienone is 1. The van der Waals surface area contributed by atoms with E-state index in [0.29, 0.717) is 29.8 Å². The monoisotopic (exact) mass is 627 g/mol. The van der Waals surface area contributed by atoms with E-state index in [1.807, 2.05) is 31.2 Å². The molecule has 248 valence electrons. The summed E-state index contributed by atoms with van der Waals surface area (Å²) in [7, 11) is 0. The first-order valence-electron chi connectivity index (χ1n) is 17.6. The number of amidine groups is 1. The average Bonchev–Trinajstić information content (AvgIpc) is 3.10. The number of hydrogen-bond acceptors (Lipinski definition) is 6. The molecule has 3 amide bonds. The van der Waals surface area contributed by atoms with Crippen LogP contribution in [0, 0.1) is 0 Å². The molecule has 0 radical (unpaired) electrons. The summed E-state index contributed by atoms with van der Waals surface area (Å²) < 4.78 is 0. The quantitative estimate of drug-likeness (QED) is 0.315. The van der Waals surface area contributed by atoms with Crippen LogP contribution in [0.25, 0.3) is 0 Å². The maximum atomic E-state index is 14.0. The van der Waals surface area contributed by atoms with E-state index in [1.165, 1.54) is 57.3 Å². The van der Waals surface area contributed by atoms with Crippen molar-refractivity contribution in [2.75, 3.05) is 56.0 Å². The number of hydrogen-bond donors (Lipinski definition) is 2. The first-order chi connectivity index (χ1) is 22.5. The standard InChI is InChI=1S/C37H53N7O2/c1-4-7-14-33-28-29(6-3)35(43-24-12-9-13-25-43)39-34(36(45)44(33)21-5-2)40-37(46)38-30-15-17-31(18-16-30)42-26-19-32(20-27-42)41-22-10-8-11-23-41/h6-7,14-18,32,34H,3-5,8-13,19-27H2,1-2H3,(H2,38,40,46)/b14-7-,39-35+. The third kappa shape index (κ3) is 8.51. The minimum atomic E-state index is -1.09. The second kappa shape index (κ2) is 16.7. The first-order valence-corrected chi connectivity index (χ1v) is 17.6. The van der Waals surface area contributed by atoms with Gasteiger partial charge in [0.2, 0.25) is 6.17 Å². The van der Waals surface area contributed by atoms with Gasteiger partial charge in [-0.2, -0.15) is 0 Å². The number of anilines is 2. The number of aliphatic imine (C=N–C) groups is 1. The van der Waals surface area contributed by atoms with Crippen molar-refractivity contribution in [3.05, 3.63) is 66.1 Å². The summed E-state index contributed by atoms with van der Waals surface area (Å²) in [4.78, 5) is 41.3. The number of urea groups is 1. The van der Waals surface area contributed by atoms with Gasteiger partial charge in [0.1, 0.15) is 5.84 Å². The Kier molecular flexibility index (Phi) is 12.2. The van der Waals surface area contributed by atoms with E-state index in [-0.39, 0.29) is 5.91 Å². The van der Waals surface area contributed by atoms with Crippen LogP contribution in [0.4, 0.5) is 16.2 Å². The molecule has 2 N–H and O–H groups in total. The minimum absolute atomic E-state index is 0.277. The van der Waals surface area contributed by atoms with Crippen molar-refractivity contribution >= 4 is 29.1 Å². The van der Waals surface area contributed by atoms with E-state index in [1.54, 1.807) is 11.0 Å². The van der Waals surface area contributed by atoms with Crippen molar-refractivity contribution in [2.24, 2.45) is 4.99 Å². The van der Waals surface area contributed by atoms with Crippen LogP contribution in [0.15, 0.2) is 71.1 Å². The SMILES string of the molecule is C=CC1=C=C(/C=C\CC)N(CCC)C(=O)C(NC(=O)Nc2ccc(N3CCC(N4CCCCC4)CC3)cc2)/N=C\1N1CCCCC1. The molecular formula is C37H53N7O2. The summed E-state index contributed by atoms with van der Waals surface area (Å²) in [5.74, 6) is 0.376. The van der Waals surface area contributed by atoms with Crippen molar-refractivity contribution in [3.8, 4) is 0 Å². The van der Waals surface area contributed by atoms with Crippen LogP contribution < -0.4 is 15.5 Å². The molecule has 0 spiro atoms. The number of carbonyl (C=O) groups is 2. The second-order valence-electron chi connectivity index (χ2n) is 12.8. The minimum Gasteiger partial charge on any atom is -0.371 e. The summed E-state index contributed by atoms with van der Waals surface area (Å²) in [5.41, 5.74) is 6.68. The van der Waals surface area contributed by atoms with Gasteiger partial charge in [-0.3, -0.25) is 4.79 Å². The molecule has 9 heteroatoms. The lowest BCUT2D eigenvalue weighted by atomic mass is 9.99. The van der Waals surface area contributed by atoms with E-state index in [2.05, 4.69) is 56.7 Å². The zero-order chi connectivity index (χ0) is 32.3. The van der Waals surface area contributed by atoms with E-state index in [9.17, 15) is 9.59 Å². The molecule has 0 saturated carbocycles. The number of amides is 3. The molecule has 1 aromatic rings. The lowest BCUT2D eigenvalue weighted by molar-refractivity contribution is -0.130. The molecule has 4 aliphatic rings. The van der Waals surface area contributed by atoms with Gasteiger partial charge in [0.15, 0.2) is 0 Å². The second-order valence-corrected chi connectivity index (χ2v) is 12.8. The van der Waals surface area contributed by atoms with Crippen molar-refractivity contribution in [3.63, 3.8) is 0 Å². The van der Waals surface area contributed by atoms with Gasteiger partial charge in [0.05, 0.1) is 11.3 Å². The normalized spacial score (nSPS) is 23.3. The molecule has 4 aliphatic heterocycles. The van der Waals surface area contributed by atoms with Gasteiger partial charge in [-0.1, -0.05) is 44.7 Å². The lowest BCUT2D eigenvalue weighted by Crippen LogP contribution is -2.50. The molecule has 1 unspecified atom stereocenters. The number of likely N-dealkylation sites (tertiary alicyclic amines) is 2. The van der Waals surface area contributed by atoms with Gasteiger partial charge in [-0.25, -0.2) is 9.79 Å². The van der Waals surface area contributed by atoms with Crippen LogP contribution in [-0.4, -0.2) is 90.5 Å². The largest absolute Gasteiger partial charge is 0.371 e. The maximum absolute atomic E-state index is 14.0. The van der Waals surface area contributed by atoms with Crippen LogP contribution in [0.2, 0.25) is 0 Å². The lowest BCUT2D eigenvalue weighted by Gasteiger charge is -2.41. The molecule has 3 fully saturated rings. The Bertz CT molecular complexity index is 1320. The zero-order valence-electron chi connectivity index (χ0n) is 28.0. The van der Waals surface area contributed by atoms with E-state index in [4.69, 9.17) is 4.99 Å². The highest BCUT2D eigenvalue weighted by Gasteiger charge is 2.31. The molecule has 0 aromatic heterocycles. The number of carbonyl (C=O) groups excluding carboxylic acids is 2. The molecule has 4 heterocycles. The molecule has 46 heavy (non-hydrogen) atoms. The highest BCUT2D eigenvalue weighted by atomic mass is 16.2. The summed E-state index contributed by atoms with van der Waals surface area (Å²) in [6, 6.07) is 8.26. The fourth-order valence-electron chi connectivity index (χ4n) is 7.00. The highest BCUT2D eigenvalue weighted by molar-refractivity contribution is 6.04. The Hall–Kier alpha value is -3.81. The zero-order valence-corrected chi connectivity index (χ0v) is 28.0. The van der Waals surface area contributed by atoms with E-state index >= 15 is 0 Å². The summed E-state index contributed by atoms with van der Waals surface area (Å²) in [5, 5.41) is 5.84. The van der Waals surface area contributed by atoms with Gasteiger partial charge in [0, 0.05) is 50.1 Å². The van der Waals surface area contributed by atoms with E-state index < -0.39 is 12.2 Å². The Morgan fingerprint density at radius 1 is 0.957 bits per heavy atom. The predicted molar refractivity (Wildman–Crippen MR) is 188 cm³/mol. The average molecular weight is 628 g/mol. The molecule has 0 aliphatic carbocycles. The fourth-order valence-corrected chi connectivity index (χ4v) is 7.00. The van der Waals surface area contributed by atoms with Crippen LogP contribution in [0.3, 0.4) is 0 Å². The number of piperidine rings is 3. The van der Waals surface area contributed by atoms with Crippen LogP contribution in [0.5, 0.6) is 0 Å². The summed E-state index contributed by atoms with van der Waals surface area (Å²) >= 11 is 0.